The maximum Gasteiger partial charge on any atom is 0.412 e. The molecule has 0 aliphatic rings. The summed E-state index contributed by atoms with van der Waals surface area (Å²) >= 11 is 0. The number of hydrogen-bond acceptors (Lipinski definition) is 0. The van der Waals surface area contributed by atoms with E-state index in [9.17, 15) is 0 Å². The van der Waals surface area contributed by atoms with Gasteiger partial charge in [0.1, 0.15) is 6.14 Å². The van der Waals surface area contributed by atoms with E-state index in [-0.39, 0.29) is 0 Å². The average Bonchev–Trinajstić information content (AvgIpc) is 2.90. The Morgan fingerprint density at radius 3 is 0.338 bits per heavy atom. The van der Waals surface area contributed by atoms with Crippen LogP contribution in [0.2, 0.25) is 281 Å². The van der Waals surface area contributed by atoms with Crippen molar-refractivity contribution in [1.29, 1.82) is 0 Å². The van der Waals surface area contributed by atoms with Crippen molar-refractivity contribution >= 4 is 143 Å². The molecule has 0 aliphatic carbocycles. The van der Waals surface area contributed by atoms with Gasteiger partial charge in [-0.2, -0.15) is 0 Å². The monoisotopic (exact) mass is 1290 g/mol. The zero-order valence-electron chi connectivity index (χ0n) is 57.0. The molecule has 1 unspecified atom stereocenters. The van der Waals surface area contributed by atoms with Crippen LogP contribution in [-0.2, 0) is 0 Å². The second kappa shape index (κ2) is 22.3. The molecule has 0 aromatic rings. The molecule has 0 rings (SSSR count). The SMILES string of the molecule is CC(C)[Si](C([Si](C)(C)C)[Si](C)(C)C)(C([Si](C)(C)C)[Si](C)(C)C)[Si]([Si](F)(F)P)([Si](C(C)C)(C([Si](C)(C)C)[Si](C)(C)C)C([Si](C)(C)C)[Si](C)(C)C)[Si](C(C)C)(C([Si](C)(C)C)[Si](C)(C)C)C([Si](C)(C)C)[Si](C)(C)C. The van der Waals surface area contributed by atoms with E-state index < -0.39 is 134 Å². The van der Waals surface area contributed by atoms with Crippen LogP contribution in [0.3, 0.4) is 0 Å². The predicted molar refractivity (Wildman–Crippen MR) is 389 cm³/mol. The second-order valence-electron chi connectivity index (χ2n) is 38.6. The summed E-state index contributed by atoms with van der Waals surface area (Å²) in [7, 11) is -39.3. The van der Waals surface area contributed by atoms with Crippen LogP contribution in [0.1, 0.15) is 41.5 Å². The van der Waals surface area contributed by atoms with Gasteiger partial charge < -0.3 is 0 Å². The van der Waals surface area contributed by atoms with Gasteiger partial charge in [-0.25, -0.2) is 0 Å². The summed E-state index contributed by atoms with van der Waals surface area (Å²) in [4.78, 5) is 3.38. The number of rotatable bonds is 25. The molecule has 1 atom stereocenters. The molecule has 0 aromatic carbocycles. The lowest BCUT2D eigenvalue weighted by atomic mass is 10.6. The van der Waals surface area contributed by atoms with Crippen molar-refractivity contribution in [3.8, 4) is 0 Å². The van der Waals surface area contributed by atoms with Crippen molar-refractivity contribution in [1.82, 2.24) is 0 Å². The Labute approximate surface area is 468 Å². The maximum atomic E-state index is 22.9. The van der Waals surface area contributed by atoms with Crippen LogP contribution in [-0.4, -0.2) is 134 Å². The van der Waals surface area contributed by atoms with Crippen LogP contribution in [0, 0.1) is 0 Å². The van der Waals surface area contributed by atoms with E-state index in [1.807, 2.05) is 0 Å². The highest BCUT2D eigenvalue weighted by atomic mass is 31.4. The normalized spacial score (nSPS) is 16.8. The molecule has 0 amide bonds. The lowest BCUT2D eigenvalue weighted by Gasteiger charge is -2.84. The van der Waals surface area contributed by atoms with Gasteiger partial charge in [0.2, 0.25) is 0 Å². The van der Waals surface area contributed by atoms with Gasteiger partial charge in [-0.05, 0) is 0 Å². The summed E-state index contributed by atoms with van der Waals surface area (Å²) in [5.74, 6) is 0. The summed E-state index contributed by atoms with van der Waals surface area (Å²) < 4.78 is 45.8. The summed E-state index contributed by atoms with van der Waals surface area (Å²) in [6.07, 6.45) is -4.12. The summed E-state index contributed by atoms with van der Waals surface area (Å²) in [5.41, 5.74) is 1.07. The molecular weight excluding hydrogens is 1160 g/mol. The average molecular weight is 1300 g/mol. The molecule has 0 N–H and O–H groups in total. The highest BCUT2D eigenvalue weighted by Crippen LogP contribution is 2.77. The smallest absolute Gasteiger partial charge is 0.271 e. The number of halogens is 2. The first-order chi connectivity index (χ1) is 30.0. The molecule has 0 bridgehead atoms. The first-order valence-electron chi connectivity index (χ1n) is 29.2. The van der Waals surface area contributed by atoms with E-state index in [4.69, 9.17) is 0 Å². The lowest BCUT2D eigenvalue weighted by Crippen LogP contribution is -3.07. The topological polar surface area (TPSA) is 0 Å². The van der Waals surface area contributed by atoms with Crippen molar-refractivity contribution in [2.24, 2.45) is 0 Å². The Morgan fingerprint density at radius 2 is 0.296 bits per heavy atom. The van der Waals surface area contributed by atoms with Gasteiger partial charge in [0, 0.05) is 120 Å². The third kappa shape index (κ3) is 13.9. The van der Waals surface area contributed by atoms with E-state index in [0.717, 1.165) is 0 Å². The molecule has 0 aromatic heterocycles. The first-order valence-corrected chi connectivity index (χ1v) is 88.4. The summed E-state index contributed by atoms with van der Waals surface area (Å²) in [5, 5.41) is 0. The van der Waals surface area contributed by atoms with Gasteiger partial charge in [-0.3, -0.25) is 8.22 Å². The van der Waals surface area contributed by atoms with Gasteiger partial charge in [0.05, 0.1) is 0 Å². The minimum Gasteiger partial charge on any atom is -0.271 e. The van der Waals surface area contributed by atoms with Gasteiger partial charge >= 0.3 is 7.93 Å². The van der Waals surface area contributed by atoms with E-state index >= 15 is 8.22 Å². The molecule has 71 heavy (non-hydrogen) atoms. The van der Waals surface area contributed by atoms with Gasteiger partial charge in [-0.1, -0.05) is 331 Å². The number of hydrogen-bond donors (Lipinski definition) is 0. The third-order valence-corrected chi connectivity index (χ3v) is 227. The largest absolute Gasteiger partial charge is 0.412 e. The van der Waals surface area contributed by atoms with Crippen LogP contribution < -0.4 is 0 Å². The van der Waals surface area contributed by atoms with Crippen molar-refractivity contribution in [3.05, 3.63) is 0 Å². The molecule has 0 radical (unpaired) electrons. The Hall–Kier alpha value is 3.98. The molecule has 0 saturated carbocycles. The Morgan fingerprint density at radius 1 is 0.211 bits per heavy atom. The molecule has 428 valence electrons. The molecule has 0 heterocycles. The Bertz CT molecular complexity index is 1370. The molecule has 0 fully saturated rings. The van der Waals surface area contributed by atoms with Crippen molar-refractivity contribution in [2.45, 2.75) is 323 Å². The van der Waals surface area contributed by atoms with Crippen molar-refractivity contribution in [2.75, 3.05) is 0 Å². The van der Waals surface area contributed by atoms with E-state index in [1.54, 1.807) is 0 Å². The van der Waals surface area contributed by atoms with Crippen molar-refractivity contribution in [3.63, 3.8) is 0 Å². The van der Waals surface area contributed by atoms with Crippen LogP contribution in [0.5, 0.6) is 0 Å². The Kier molecular flexibility index (Phi) is 23.5. The van der Waals surface area contributed by atoms with Crippen LogP contribution >= 0.6 is 8.79 Å². The molecule has 0 saturated heterocycles. The fourth-order valence-electron chi connectivity index (χ4n) is 23.5. The highest BCUT2D eigenvalue weighted by Gasteiger charge is 2.95. The van der Waals surface area contributed by atoms with E-state index in [0.29, 0.717) is 45.3 Å². The van der Waals surface area contributed by atoms with Crippen LogP contribution in [0.15, 0.2) is 0 Å². The summed E-state index contributed by atoms with van der Waals surface area (Å²) in [6, 6.07) is 0. The zero-order chi connectivity index (χ0) is 58.7. The lowest BCUT2D eigenvalue weighted by molar-refractivity contribution is 0.680. The third-order valence-electron chi connectivity index (χ3n) is 18.6. The van der Waals surface area contributed by atoms with Gasteiger partial charge in [0.25, 0.3) is 0 Å². The second-order valence-corrected chi connectivity index (χ2v) is 160. The highest BCUT2D eigenvalue weighted by molar-refractivity contribution is 8.19. The summed E-state index contributed by atoms with van der Waals surface area (Å²) in [6.45, 7) is 119. The molecular formula is C51H137F2PSi17. The van der Waals surface area contributed by atoms with Crippen LogP contribution in [0.25, 0.3) is 0 Å². The van der Waals surface area contributed by atoms with E-state index in [1.165, 1.54) is 0 Å². The van der Waals surface area contributed by atoms with Gasteiger partial charge in [-0.15, -0.1) is 0 Å². The zero-order valence-corrected chi connectivity index (χ0v) is 75.2. The predicted octanol–water partition coefficient (Wildman–Crippen LogP) is 21.8. The molecule has 0 aliphatic heterocycles. The van der Waals surface area contributed by atoms with Crippen LogP contribution in [0.4, 0.5) is 8.22 Å². The quantitative estimate of drug-likeness (QED) is 0.0486. The maximum absolute atomic E-state index is 22.9. The standard InChI is InChI=1S/C51H137F2PSi17/c1-43(2)67(46(55(7,8)9)56(10,11)12,47(57(13,14)15)58(16,17)18)71(70(52,53)54,68(44(3)4,48(59(19,20)21)60(22,23)24)49(61(25,26)27)62(28,29)30)69(45(5)6,50(63(31,32)33)64(34,35)36)51(65(37,38)39)66(40,41)42/h43-51H,54H2,1-42H3. The fourth-order valence-corrected chi connectivity index (χ4v) is 440. The molecule has 0 spiro atoms. The van der Waals surface area contributed by atoms with Crippen molar-refractivity contribution < 1.29 is 8.22 Å². The minimum absolute atomic E-state index is 0.358. The minimum atomic E-state index is -5.35. The first kappa shape index (κ1) is 75.0. The molecule has 20 heteroatoms. The molecule has 0 nitrogen and oxygen atoms in total. The van der Waals surface area contributed by atoms with E-state index in [2.05, 4.69) is 286 Å². The Balaban J connectivity index is 14.0. The van der Waals surface area contributed by atoms with Gasteiger partial charge in [0.15, 0.2) is 0 Å². The fraction of sp³-hybridized carbons (Fsp3) is 1.00.